The molecular weight excluding hydrogens is 711 g/mol. The van der Waals surface area contributed by atoms with E-state index in [2.05, 4.69) is 21.5 Å². The predicted molar refractivity (Wildman–Crippen MR) is 195 cm³/mol. The lowest BCUT2D eigenvalue weighted by molar-refractivity contribution is 0.137. The van der Waals surface area contributed by atoms with E-state index in [9.17, 15) is 13.7 Å². The molecule has 3 aliphatic rings. The summed E-state index contributed by atoms with van der Waals surface area (Å²) in [5, 5.41) is 2.96. The molecular formula is C29H62N9O9P3. The van der Waals surface area contributed by atoms with E-state index in [0.29, 0.717) is 25.0 Å². The maximum absolute atomic E-state index is 13.9. The third-order valence-corrected chi connectivity index (χ3v) is 13.0. The molecule has 0 aliphatic carbocycles. The van der Waals surface area contributed by atoms with Gasteiger partial charge in [-0.1, -0.05) is 32.6 Å². The van der Waals surface area contributed by atoms with Gasteiger partial charge in [-0.25, -0.2) is 13.7 Å². The highest BCUT2D eigenvalue weighted by Gasteiger charge is 2.35. The van der Waals surface area contributed by atoms with E-state index in [1.165, 1.54) is 7.11 Å². The van der Waals surface area contributed by atoms with Crippen molar-refractivity contribution in [2.75, 3.05) is 122 Å². The smallest absolute Gasteiger partial charge is 0.344 e. The van der Waals surface area contributed by atoms with E-state index in [4.69, 9.17) is 27.1 Å². The fraction of sp³-hybridized carbons (Fsp3) is 0.931. The largest absolute Gasteiger partial charge is 0.457 e. The number of guanidine groups is 2. The van der Waals surface area contributed by atoms with Gasteiger partial charge < -0.3 is 24.1 Å². The van der Waals surface area contributed by atoms with Crippen LogP contribution in [0.5, 0.6) is 0 Å². The second kappa shape index (κ2) is 20.9. The third-order valence-electron chi connectivity index (χ3n) is 8.59. The summed E-state index contributed by atoms with van der Waals surface area (Å²) in [4.78, 5) is 11.6. The van der Waals surface area contributed by atoms with Crippen LogP contribution < -0.4 is 5.09 Å². The van der Waals surface area contributed by atoms with Gasteiger partial charge in [-0.15, -0.1) is 9.53 Å². The van der Waals surface area contributed by atoms with E-state index < -0.39 is 23.2 Å². The average molecular weight is 774 g/mol. The van der Waals surface area contributed by atoms with Crippen molar-refractivity contribution in [1.82, 2.24) is 34.5 Å². The number of rotatable bonds is 24. The number of nitrogens with one attached hydrogen (secondary N) is 1. The molecule has 50 heavy (non-hydrogen) atoms. The topological polar surface area (TPSA) is 163 Å². The molecule has 0 spiro atoms. The molecule has 0 amide bonds. The molecule has 18 nitrogen and oxygen atoms in total. The second-order valence-corrected chi connectivity index (χ2v) is 18.0. The zero-order valence-corrected chi connectivity index (χ0v) is 34.1. The summed E-state index contributed by atoms with van der Waals surface area (Å²) in [6.07, 6.45) is 5.31. The molecule has 3 aliphatic heterocycles. The number of hydrogen-bond acceptors (Lipinski definition) is 11. The number of hydrogen-bond donors (Lipinski definition) is 1. The summed E-state index contributed by atoms with van der Waals surface area (Å²) in [5.74, 6) is 1.03. The van der Waals surface area contributed by atoms with E-state index in [1.54, 1.807) is 0 Å². The first-order valence-electron chi connectivity index (χ1n) is 17.6. The summed E-state index contributed by atoms with van der Waals surface area (Å²) in [5.41, 5.74) is 0. The van der Waals surface area contributed by atoms with Crippen molar-refractivity contribution in [3.05, 3.63) is 0 Å². The third kappa shape index (κ3) is 13.7. The molecule has 0 aromatic heterocycles. The Morgan fingerprint density at radius 1 is 0.580 bits per heavy atom. The van der Waals surface area contributed by atoms with Crippen molar-refractivity contribution < 1.29 is 40.8 Å². The quantitative estimate of drug-likeness (QED) is 0.111. The van der Waals surface area contributed by atoms with Gasteiger partial charge in [0.2, 0.25) is 11.9 Å². The zero-order valence-electron chi connectivity index (χ0n) is 31.4. The van der Waals surface area contributed by atoms with Gasteiger partial charge in [0, 0.05) is 74.6 Å². The fourth-order valence-electron chi connectivity index (χ4n) is 5.40. The van der Waals surface area contributed by atoms with E-state index in [-0.39, 0.29) is 52.2 Å². The SMILES string of the molecule is CCCCCCCOP(=O)(N=C1N(C)CCN1C)OCCCOP(=O)(N=C1N(C)CCN1C)OCCCOP(=O)(NC1N(C)CCN1C)OC. The predicted octanol–water partition coefficient (Wildman–Crippen LogP) is 4.01. The molecule has 0 saturated carbocycles. The van der Waals surface area contributed by atoms with Gasteiger partial charge in [0.25, 0.3) is 0 Å². The van der Waals surface area contributed by atoms with Gasteiger partial charge in [-0.05, 0) is 33.4 Å². The van der Waals surface area contributed by atoms with E-state index in [1.807, 2.05) is 71.7 Å². The first-order valence-corrected chi connectivity index (χ1v) is 22.1. The van der Waals surface area contributed by atoms with Crippen LogP contribution in [0.3, 0.4) is 0 Å². The Kier molecular flexibility index (Phi) is 18.1. The van der Waals surface area contributed by atoms with Crippen LogP contribution in [0, 0.1) is 0 Å². The molecule has 3 saturated heterocycles. The van der Waals surface area contributed by atoms with Crippen LogP contribution in [0.4, 0.5) is 0 Å². The van der Waals surface area contributed by atoms with Crippen molar-refractivity contribution in [2.24, 2.45) is 9.53 Å². The highest BCUT2D eigenvalue weighted by Crippen LogP contribution is 2.53. The standard InChI is InChI=1S/C29H62N9O9P3/c1-9-10-11-12-13-22-44-49(40,31-28-35(4)18-19-36(28)5)45-25-15-26-47-50(41,32-29-37(6)20-21-38(29)7)46-24-14-23-43-48(39,42-8)30-27-33(2)16-17-34(27)3/h27H,9-26H2,1-8H3,(H,30,39). The lowest BCUT2D eigenvalue weighted by Crippen LogP contribution is -2.45. The van der Waals surface area contributed by atoms with Gasteiger partial charge in [0.1, 0.15) is 6.29 Å². The first-order chi connectivity index (χ1) is 23.7. The van der Waals surface area contributed by atoms with Crippen LogP contribution in [0.25, 0.3) is 0 Å². The average Bonchev–Trinajstić information content (AvgIpc) is 3.69. The summed E-state index contributed by atoms with van der Waals surface area (Å²) in [7, 11) is 1.21. The molecule has 3 heterocycles. The number of likely N-dealkylation sites (N-methyl/N-ethyl adjacent to an activating group) is 6. The fourth-order valence-corrected chi connectivity index (χ4v) is 9.60. The Morgan fingerprint density at radius 2 is 0.960 bits per heavy atom. The Morgan fingerprint density at radius 3 is 1.36 bits per heavy atom. The van der Waals surface area contributed by atoms with Gasteiger partial charge in [0.05, 0.1) is 33.0 Å². The molecule has 3 rings (SSSR count). The Balaban J connectivity index is 1.56. The molecule has 0 radical (unpaired) electrons. The van der Waals surface area contributed by atoms with Gasteiger partial charge in [-0.2, -0.15) is 5.09 Å². The van der Waals surface area contributed by atoms with E-state index >= 15 is 0 Å². The van der Waals surface area contributed by atoms with Crippen LogP contribution >= 0.6 is 23.2 Å². The van der Waals surface area contributed by atoms with Crippen LogP contribution in [-0.2, 0) is 40.8 Å². The normalized spacial score (nSPS) is 21.7. The van der Waals surface area contributed by atoms with Crippen LogP contribution in [-0.4, -0.2) is 169 Å². The maximum Gasteiger partial charge on any atom is 0.457 e. The molecule has 0 aromatic carbocycles. The molecule has 0 aromatic rings. The summed E-state index contributed by atoms with van der Waals surface area (Å²) in [6.45, 7) is 6.93. The molecule has 3 unspecified atom stereocenters. The van der Waals surface area contributed by atoms with Gasteiger partial charge in [0.15, 0.2) is 0 Å². The van der Waals surface area contributed by atoms with Crippen molar-refractivity contribution in [3.63, 3.8) is 0 Å². The first kappa shape index (κ1) is 43.3. The highest BCUT2D eigenvalue weighted by molar-refractivity contribution is 7.53. The van der Waals surface area contributed by atoms with E-state index in [0.717, 1.165) is 58.3 Å². The van der Waals surface area contributed by atoms with Gasteiger partial charge >= 0.3 is 23.2 Å². The van der Waals surface area contributed by atoms with Crippen molar-refractivity contribution >= 4 is 35.2 Å². The zero-order chi connectivity index (χ0) is 36.8. The van der Waals surface area contributed by atoms with Crippen molar-refractivity contribution in [3.8, 4) is 0 Å². The van der Waals surface area contributed by atoms with Crippen molar-refractivity contribution in [1.29, 1.82) is 0 Å². The number of nitrogens with zero attached hydrogens (tertiary/aromatic N) is 8. The lowest BCUT2D eigenvalue weighted by Gasteiger charge is -2.29. The minimum atomic E-state index is -4.00. The van der Waals surface area contributed by atoms with Crippen LogP contribution in [0.1, 0.15) is 51.9 Å². The molecule has 1 N–H and O–H groups in total. The second-order valence-electron chi connectivity index (χ2n) is 12.9. The number of unbranched alkanes of at least 4 members (excludes halogenated alkanes) is 4. The molecule has 0 bridgehead atoms. The van der Waals surface area contributed by atoms with Gasteiger partial charge in [-0.3, -0.25) is 32.4 Å². The lowest BCUT2D eigenvalue weighted by atomic mass is 10.2. The monoisotopic (exact) mass is 773 g/mol. The molecule has 3 atom stereocenters. The minimum absolute atomic E-state index is 0.00773. The van der Waals surface area contributed by atoms with Crippen LogP contribution in [0.15, 0.2) is 9.53 Å². The maximum atomic E-state index is 13.9. The Hall–Kier alpha value is -1.13. The minimum Gasteiger partial charge on any atom is -0.344 e. The summed E-state index contributed by atoms with van der Waals surface area (Å²) < 4.78 is 83.6. The summed E-state index contributed by atoms with van der Waals surface area (Å²) in [6, 6.07) is 0. The van der Waals surface area contributed by atoms with Crippen molar-refractivity contribution in [2.45, 2.75) is 58.2 Å². The Labute approximate surface area is 299 Å². The van der Waals surface area contributed by atoms with Crippen LogP contribution in [0.2, 0.25) is 0 Å². The summed E-state index contributed by atoms with van der Waals surface area (Å²) >= 11 is 0. The molecule has 292 valence electrons. The molecule has 21 heteroatoms. The highest BCUT2D eigenvalue weighted by atomic mass is 31.2. The molecule has 3 fully saturated rings. The Bertz CT molecular complexity index is 1220.